The molecular weight excluding hydrogens is 389 g/mol. The average Bonchev–Trinajstić information content (AvgIpc) is 2.96. The molecule has 5 atom stereocenters. The maximum absolute atomic E-state index is 12.1. The number of esters is 1. The molecule has 1 saturated heterocycles. The summed E-state index contributed by atoms with van der Waals surface area (Å²) < 4.78 is 11.8. The number of carbonyl (C=O) groups excluding carboxylic acids is 1. The molecule has 144 valence electrons. The molecule has 7 heteroatoms. The van der Waals surface area contributed by atoms with Gasteiger partial charge in [0.25, 0.3) is 0 Å². The van der Waals surface area contributed by atoms with Crippen LogP contribution in [0.5, 0.6) is 11.5 Å². The second-order valence-electron chi connectivity index (χ2n) is 7.98. The van der Waals surface area contributed by atoms with Gasteiger partial charge in [-0.25, -0.2) is 0 Å². The van der Waals surface area contributed by atoms with Gasteiger partial charge in [0.05, 0.1) is 6.42 Å². The van der Waals surface area contributed by atoms with Crippen molar-refractivity contribution in [2.45, 2.75) is 47.8 Å². The van der Waals surface area contributed by atoms with Gasteiger partial charge in [-0.3, -0.25) is 4.79 Å². The molecule has 4 aliphatic rings. The maximum Gasteiger partial charge on any atom is 0.314 e. The van der Waals surface area contributed by atoms with Crippen molar-refractivity contribution in [3.05, 3.63) is 35.4 Å². The predicted molar refractivity (Wildman–Crippen MR) is 102 cm³/mol. The molecule has 1 aromatic carbocycles. The van der Waals surface area contributed by atoms with Crippen molar-refractivity contribution in [2.75, 3.05) is 13.6 Å². The first-order valence-corrected chi connectivity index (χ1v) is 10.2. The molecule has 0 unspecified atom stereocenters. The number of hydrogen-bond donors (Lipinski definition) is 1. The first-order valence-electron chi connectivity index (χ1n) is 9.30. The number of carbonyl (C=O) groups is 1. The number of nitrogens with zero attached hydrogens (tertiary/aromatic N) is 1. The van der Waals surface area contributed by atoms with E-state index in [1.165, 1.54) is 5.56 Å². The summed E-state index contributed by atoms with van der Waals surface area (Å²) >= 11 is 11.4. The molecule has 2 aliphatic carbocycles. The molecule has 5 rings (SSSR count). The molecule has 27 heavy (non-hydrogen) atoms. The van der Waals surface area contributed by atoms with Crippen LogP contribution in [-0.2, 0) is 16.6 Å². The number of benzene rings is 1. The van der Waals surface area contributed by atoms with Crippen LogP contribution >= 0.6 is 23.2 Å². The molecule has 0 aromatic heterocycles. The molecule has 1 fully saturated rings. The number of rotatable bonds is 3. The van der Waals surface area contributed by atoms with Gasteiger partial charge in [-0.1, -0.05) is 18.2 Å². The number of halogens is 2. The van der Waals surface area contributed by atoms with Crippen molar-refractivity contribution in [3.63, 3.8) is 0 Å². The minimum atomic E-state index is -0.809. The van der Waals surface area contributed by atoms with Crippen molar-refractivity contribution in [1.82, 2.24) is 4.90 Å². The van der Waals surface area contributed by atoms with Crippen LogP contribution in [0.15, 0.2) is 24.3 Å². The van der Waals surface area contributed by atoms with Crippen LogP contribution in [0.3, 0.4) is 0 Å². The van der Waals surface area contributed by atoms with Crippen molar-refractivity contribution in [2.24, 2.45) is 5.92 Å². The van der Waals surface area contributed by atoms with Crippen LogP contribution in [0.4, 0.5) is 0 Å². The van der Waals surface area contributed by atoms with Gasteiger partial charge in [0.1, 0.15) is 17.0 Å². The Morgan fingerprint density at radius 1 is 1.44 bits per heavy atom. The lowest BCUT2D eigenvalue weighted by atomic mass is 9.53. The first-order chi connectivity index (χ1) is 12.9. The summed E-state index contributed by atoms with van der Waals surface area (Å²) in [5, 5.41) is 10.7. The molecule has 0 amide bonds. The Hall–Kier alpha value is -1.27. The highest BCUT2D eigenvalue weighted by Gasteiger charge is 2.64. The molecule has 0 radical (unpaired) electrons. The average molecular weight is 410 g/mol. The highest BCUT2D eigenvalue weighted by molar-refractivity contribution is 6.45. The predicted octanol–water partition coefficient (Wildman–Crippen LogP) is 2.59. The third-order valence-electron chi connectivity index (χ3n) is 6.68. The monoisotopic (exact) mass is 409 g/mol. The summed E-state index contributed by atoms with van der Waals surface area (Å²) in [7, 11) is 2.16. The number of ether oxygens (including phenoxy) is 2. The van der Waals surface area contributed by atoms with Crippen LogP contribution in [0, 0.1) is 5.92 Å². The van der Waals surface area contributed by atoms with Gasteiger partial charge >= 0.3 is 5.97 Å². The van der Waals surface area contributed by atoms with Crippen molar-refractivity contribution >= 4 is 29.2 Å². The van der Waals surface area contributed by atoms with E-state index >= 15 is 0 Å². The van der Waals surface area contributed by atoms with E-state index in [4.69, 9.17) is 32.7 Å². The Morgan fingerprint density at radius 2 is 2.26 bits per heavy atom. The maximum atomic E-state index is 12.1. The molecule has 2 bridgehead atoms. The minimum absolute atomic E-state index is 0.0894. The van der Waals surface area contributed by atoms with E-state index in [9.17, 15) is 9.90 Å². The third kappa shape index (κ3) is 2.42. The molecule has 2 heterocycles. The summed E-state index contributed by atoms with van der Waals surface area (Å²) in [6.45, 7) is 0.949. The zero-order chi connectivity index (χ0) is 18.9. The number of likely N-dealkylation sites (tertiary alicyclic amines) is 1. The zero-order valence-corrected chi connectivity index (χ0v) is 16.4. The van der Waals surface area contributed by atoms with E-state index in [2.05, 4.69) is 18.0 Å². The van der Waals surface area contributed by atoms with E-state index in [0.717, 1.165) is 24.9 Å². The Morgan fingerprint density at radius 3 is 3.04 bits per heavy atom. The van der Waals surface area contributed by atoms with Crippen LogP contribution in [0.25, 0.3) is 0 Å². The van der Waals surface area contributed by atoms with Gasteiger partial charge in [0.2, 0.25) is 0 Å². The lowest BCUT2D eigenvalue weighted by Gasteiger charge is -2.56. The van der Waals surface area contributed by atoms with Gasteiger partial charge in [-0.2, -0.15) is 0 Å². The Balaban J connectivity index is 1.63. The standard InChI is InChI=1S/C20H21Cl2NO4/c1-23-7-6-20-11-3-4-13(24)19(20)27-18-14(26-16(25)9-15(21)22)5-2-10(17(18)20)8-12(11)23/h2-5,11-13,15,19,24H,6-9H2,1H3/t11-,12+,13-,19-,20-/m0/s1. The summed E-state index contributed by atoms with van der Waals surface area (Å²) in [5.41, 5.74) is 2.07. The topological polar surface area (TPSA) is 59.0 Å². The largest absolute Gasteiger partial charge is 0.482 e. The Bertz CT molecular complexity index is 842. The third-order valence-corrected chi connectivity index (χ3v) is 6.99. The number of piperidine rings is 1. The summed E-state index contributed by atoms with van der Waals surface area (Å²) in [5.74, 6) is 0.769. The molecule has 5 nitrogen and oxygen atoms in total. The fourth-order valence-corrected chi connectivity index (χ4v) is 5.85. The van der Waals surface area contributed by atoms with Gasteiger partial charge < -0.3 is 19.5 Å². The molecule has 1 N–H and O–H groups in total. The number of aliphatic hydroxyl groups is 1. The van der Waals surface area contributed by atoms with Crippen LogP contribution in [0.1, 0.15) is 24.0 Å². The Kier molecular flexibility index (Phi) is 4.03. The molecule has 1 spiro atoms. The number of likely N-dealkylation sites (N-methyl/N-ethyl adjacent to an activating group) is 1. The lowest BCUT2D eigenvalue weighted by molar-refractivity contribution is -0.134. The van der Waals surface area contributed by atoms with Gasteiger partial charge in [0, 0.05) is 22.9 Å². The SMILES string of the molecule is CN1CC[C@]23c4c5ccc(OC(=O)CC(Cl)Cl)c4O[C@H]2[C@@H](O)C=C[C@H]3[C@H]1C5. The van der Waals surface area contributed by atoms with E-state index in [-0.39, 0.29) is 23.9 Å². The van der Waals surface area contributed by atoms with Crippen LogP contribution in [-0.4, -0.2) is 52.7 Å². The number of hydrogen-bond acceptors (Lipinski definition) is 5. The minimum Gasteiger partial charge on any atom is -0.482 e. The second-order valence-corrected chi connectivity index (χ2v) is 9.26. The van der Waals surface area contributed by atoms with Gasteiger partial charge in [-0.15, -0.1) is 23.2 Å². The van der Waals surface area contributed by atoms with Crippen LogP contribution < -0.4 is 9.47 Å². The first kappa shape index (κ1) is 17.8. The quantitative estimate of drug-likeness (QED) is 0.359. The van der Waals surface area contributed by atoms with Crippen molar-refractivity contribution in [3.8, 4) is 11.5 Å². The van der Waals surface area contributed by atoms with E-state index in [0.29, 0.717) is 17.5 Å². The smallest absolute Gasteiger partial charge is 0.314 e. The highest BCUT2D eigenvalue weighted by atomic mass is 35.5. The molecule has 1 aromatic rings. The highest BCUT2D eigenvalue weighted by Crippen LogP contribution is 2.62. The summed E-state index contributed by atoms with van der Waals surface area (Å²) in [6.07, 6.45) is 4.71. The fourth-order valence-electron chi connectivity index (χ4n) is 5.60. The van der Waals surface area contributed by atoms with Gasteiger partial charge in [0.15, 0.2) is 11.5 Å². The number of alkyl halides is 2. The summed E-state index contributed by atoms with van der Waals surface area (Å²) in [4.78, 5) is 13.7. The molecule has 0 saturated carbocycles. The molecular formula is C20H21Cl2NO4. The molecule has 2 aliphatic heterocycles. The zero-order valence-electron chi connectivity index (χ0n) is 14.9. The number of aliphatic hydroxyl groups excluding tert-OH is 1. The van der Waals surface area contributed by atoms with Crippen molar-refractivity contribution < 1.29 is 19.4 Å². The van der Waals surface area contributed by atoms with E-state index < -0.39 is 16.9 Å². The van der Waals surface area contributed by atoms with Gasteiger partial charge in [-0.05, 0) is 38.1 Å². The van der Waals surface area contributed by atoms with E-state index in [1.54, 1.807) is 6.07 Å². The van der Waals surface area contributed by atoms with E-state index in [1.807, 2.05) is 12.1 Å². The second kappa shape index (κ2) is 6.11. The summed E-state index contributed by atoms with van der Waals surface area (Å²) in [6, 6.07) is 4.20. The normalized spacial score (nSPS) is 35.7. The fraction of sp³-hybridized carbons (Fsp3) is 0.550. The Labute approximate surface area is 167 Å². The van der Waals surface area contributed by atoms with Crippen LogP contribution in [0.2, 0.25) is 0 Å². The lowest BCUT2D eigenvalue weighted by Crippen LogP contribution is -2.64. The van der Waals surface area contributed by atoms with Crippen molar-refractivity contribution in [1.29, 1.82) is 0 Å².